The average Bonchev–Trinajstić information content (AvgIpc) is 3.10. The van der Waals surface area contributed by atoms with Gasteiger partial charge < -0.3 is 34.3 Å². The van der Waals surface area contributed by atoms with Gasteiger partial charge in [0.1, 0.15) is 6.10 Å². The molecule has 0 radical (unpaired) electrons. The van der Waals surface area contributed by atoms with Crippen LogP contribution in [0, 0.1) is 0 Å². The molecule has 0 saturated heterocycles. The largest absolute Gasteiger partial charge is 0.502 e. The van der Waals surface area contributed by atoms with Gasteiger partial charge in [-0.15, -0.1) is 0 Å². The summed E-state index contributed by atoms with van der Waals surface area (Å²) in [7, 11) is 4.34. The minimum atomic E-state index is -1.07. The van der Waals surface area contributed by atoms with Crippen LogP contribution in [-0.2, 0) is 4.79 Å². The summed E-state index contributed by atoms with van der Waals surface area (Å²) in [5, 5.41) is 29.1. The van der Waals surface area contributed by atoms with Crippen LogP contribution in [0.25, 0.3) is 6.08 Å². The van der Waals surface area contributed by atoms with Crippen LogP contribution in [0.2, 0.25) is 0 Å². The molecule has 2 aromatic rings. The first kappa shape index (κ1) is 20.3. The number of ether oxygens (including phenoxy) is 4. The van der Waals surface area contributed by atoms with Gasteiger partial charge in [-0.25, -0.2) is 4.79 Å². The number of phenols is 1. The van der Waals surface area contributed by atoms with Gasteiger partial charge in [0.05, 0.1) is 33.9 Å². The molecule has 8 nitrogen and oxygen atoms in total. The van der Waals surface area contributed by atoms with Crippen molar-refractivity contribution >= 4 is 12.0 Å². The lowest BCUT2D eigenvalue weighted by atomic mass is 9.90. The van der Waals surface area contributed by atoms with Crippen molar-refractivity contribution in [3.63, 3.8) is 0 Å². The summed E-state index contributed by atoms with van der Waals surface area (Å²) in [5.41, 5.74) is 1.93. The maximum atomic E-state index is 10.8. The predicted molar refractivity (Wildman–Crippen MR) is 104 cm³/mol. The maximum absolute atomic E-state index is 10.8. The van der Waals surface area contributed by atoms with Crippen LogP contribution in [0.3, 0.4) is 0 Å². The SMILES string of the molecule is COc1cc([C@H]2Oc3c(OC)cc(/C=C/C(=O)O)cc3[C@@H]2CO)cc(OC)c1O. The molecule has 0 amide bonds. The lowest BCUT2D eigenvalue weighted by Gasteiger charge is -2.20. The fraction of sp³-hybridized carbons (Fsp3) is 0.286. The fourth-order valence-corrected chi connectivity index (χ4v) is 3.41. The predicted octanol–water partition coefficient (Wildman–Crippen LogP) is 2.73. The number of aliphatic hydroxyl groups is 1. The van der Waals surface area contributed by atoms with Gasteiger partial charge >= 0.3 is 5.97 Å². The molecule has 0 spiro atoms. The lowest BCUT2D eigenvalue weighted by molar-refractivity contribution is -0.131. The van der Waals surface area contributed by atoms with Crippen LogP contribution in [0.1, 0.15) is 28.7 Å². The Hall–Kier alpha value is -3.39. The van der Waals surface area contributed by atoms with Gasteiger partial charge in [0, 0.05) is 17.2 Å². The molecule has 8 heteroatoms. The van der Waals surface area contributed by atoms with Crippen molar-refractivity contribution in [2.45, 2.75) is 12.0 Å². The van der Waals surface area contributed by atoms with E-state index in [0.29, 0.717) is 28.2 Å². The molecule has 154 valence electrons. The number of fused-ring (bicyclic) bond motifs is 1. The standard InChI is InChI=1S/C21H22O8/c1-26-15-8-12(9-16(27-2)19(15)25)20-14(10-22)13-6-11(4-5-18(23)24)7-17(28-3)21(13)29-20/h4-9,14,20,22,25H,10H2,1-3H3,(H,23,24)/b5-4+/t14-,20+/m0/s1. The number of aromatic hydroxyl groups is 1. The Bertz CT molecular complexity index is 925. The third-order valence-electron chi connectivity index (χ3n) is 4.78. The molecule has 2 aromatic carbocycles. The summed E-state index contributed by atoms with van der Waals surface area (Å²) in [6.07, 6.45) is 1.88. The summed E-state index contributed by atoms with van der Waals surface area (Å²) < 4.78 is 22.0. The van der Waals surface area contributed by atoms with E-state index in [1.165, 1.54) is 27.4 Å². The number of rotatable bonds is 7. The number of phenolic OH excluding ortho intramolecular Hbond substituents is 1. The average molecular weight is 402 g/mol. The van der Waals surface area contributed by atoms with Crippen LogP contribution in [0.15, 0.2) is 30.3 Å². The quantitative estimate of drug-likeness (QED) is 0.606. The van der Waals surface area contributed by atoms with E-state index in [1.807, 2.05) is 0 Å². The van der Waals surface area contributed by atoms with Crippen molar-refractivity contribution in [1.29, 1.82) is 0 Å². The van der Waals surface area contributed by atoms with Crippen molar-refractivity contribution in [2.75, 3.05) is 27.9 Å². The molecule has 0 fully saturated rings. The first-order chi connectivity index (χ1) is 13.9. The summed E-state index contributed by atoms with van der Waals surface area (Å²) in [6.45, 7) is -0.224. The van der Waals surface area contributed by atoms with Gasteiger partial charge in [0.2, 0.25) is 5.75 Å². The highest BCUT2D eigenvalue weighted by Gasteiger charge is 2.38. The van der Waals surface area contributed by atoms with Gasteiger partial charge in [0.15, 0.2) is 23.0 Å². The molecule has 29 heavy (non-hydrogen) atoms. The highest BCUT2D eigenvalue weighted by atomic mass is 16.5. The van der Waals surface area contributed by atoms with Gasteiger partial charge in [0.25, 0.3) is 0 Å². The van der Waals surface area contributed by atoms with Crippen molar-refractivity contribution < 1.29 is 39.1 Å². The van der Waals surface area contributed by atoms with Crippen LogP contribution in [0.5, 0.6) is 28.7 Å². The number of benzene rings is 2. The monoisotopic (exact) mass is 402 g/mol. The number of carboxylic acid groups (broad SMARTS) is 1. The molecular weight excluding hydrogens is 380 g/mol. The number of carbonyl (C=O) groups is 1. The Morgan fingerprint density at radius 1 is 1.07 bits per heavy atom. The molecule has 3 N–H and O–H groups in total. The zero-order valence-corrected chi connectivity index (χ0v) is 16.2. The maximum Gasteiger partial charge on any atom is 0.328 e. The second-order valence-electron chi connectivity index (χ2n) is 6.41. The zero-order valence-electron chi connectivity index (χ0n) is 16.2. The van der Waals surface area contributed by atoms with E-state index in [0.717, 1.165) is 6.08 Å². The molecule has 0 unspecified atom stereocenters. The molecule has 3 rings (SSSR count). The van der Waals surface area contributed by atoms with E-state index in [-0.39, 0.29) is 23.9 Å². The second kappa shape index (κ2) is 8.32. The summed E-state index contributed by atoms with van der Waals surface area (Å²) in [6, 6.07) is 6.66. The molecule has 1 heterocycles. The van der Waals surface area contributed by atoms with Crippen LogP contribution >= 0.6 is 0 Å². The zero-order chi connectivity index (χ0) is 21.1. The molecule has 1 aliphatic heterocycles. The van der Waals surface area contributed by atoms with E-state index in [9.17, 15) is 15.0 Å². The third-order valence-corrected chi connectivity index (χ3v) is 4.78. The Morgan fingerprint density at radius 2 is 1.69 bits per heavy atom. The summed E-state index contributed by atoms with van der Waals surface area (Å²) >= 11 is 0. The molecular formula is C21H22O8. The Morgan fingerprint density at radius 3 is 2.21 bits per heavy atom. The first-order valence-electron chi connectivity index (χ1n) is 8.78. The lowest BCUT2D eigenvalue weighted by Crippen LogP contribution is -2.13. The number of carboxylic acids is 1. The highest BCUT2D eigenvalue weighted by molar-refractivity contribution is 5.85. The second-order valence-corrected chi connectivity index (χ2v) is 6.41. The Balaban J connectivity index is 2.09. The smallest absolute Gasteiger partial charge is 0.328 e. The third kappa shape index (κ3) is 3.79. The van der Waals surface area contributed by atoms with Crippen molar-refractivity contribution in [3.05, 3.63) is 47.0 Å². The molecule has 1 aliphatic rings. The van der Waals surface area contributed by atoms with E-state index < -0.39 is 18.0 Å². The molecule has 0 aromatic heterocycles. The fourth-order valence-electron chi connectivity index (χ4n) is 3.41. The van der Waals surface area contributed by atoms with E-state index in [4.69, 9.17) is 24.1 Å². The van der Waals surface area contributed by atoms with Gasteiger partial charge in [-0.2, -0.15) is 0 Å². The minimum Gasteiger partial charge on any atom is -0.502 e. The molecule has 2 atom stereocenters. The van der Waals surface area contributed by atoms with Gasteiger partial charge in [-0.3, -0.25) is 0 Å². The molecule has 0 bridgehead atoms. The van der Waals surface area contributed by atoms with Crippen LogP contribution in [-0.4, -0.2) is 49.2 Å². The van der Waals surface area contributed by atoms with E-state index >= 15 is 0 Å². The minimum absolute atomic E-state index is 0.131. The van der Waals surface area contributed by atoms with E-state index in [2.05, 4.69) is 0 Å². The topological polar surface area (TPSA) is 115 Å². The first-order valence-corrected chi connectivity index (χ1v) is 8.78. The van der Waals surface area contributed by atoms with Gasteiger partial charge in [-0.1, -0.05) is 0 Å². The van der Waals surface area contributed by atoms with Crippen LogP contribution in [0.4, 0.5) is 0 Å². The normalized spacial score (nSPS) is 17.7. The number of hydrogen-bond acceptors (Lipinski definition) is 7. The highest BCUT2D eigenvalue weighted by Crippen LogP contribution is 2.52. The van der Waals surface area contributed by atoms with Crippen molar-refractivity contribution in [2.24, 2.45) is 0 Å². The van der Waals surface area contributed by atoms with Crippen molar-refractivity contribution in [3.8, 4) is 28.7 Å². The molecule has 0 saturated carbocycles. The number of hydrogen-bond donors (Lipinski definition) is 3. The Labute approximate surface area is 167 Å². The van der Waals surface area contributed by atoms with Crippen LogP contribution < -0.4 is 18.9 Å². The van der Waals surface area contributed by atoms with E-state index in [1.54, 1.807) is 24.3 Å². The summed E-state index contributed by atoms with van der Waals surface area (Å²) in [5.74, 6) is -0.327. The van der Waals surface area contributed by atoms with Crippen molar-refractivity contribution in [1.82, 2.24) is 0 Å². The summed E-state index contributed by atoms with van der Waals surface area (Å²) in [4.78, 5) is 10.8. The number of aliphatic carboxylic acids is 1. The molecule has 0 aliphatic carbocycles. The number of aliphatic hydroxyl groups excluding tert-OH is 1. The Kier molecular flexibility index (Phi) is 5.84. The van der Waals surface area contributed by atoms with Gasteiger partial charge in [-0.05, 0) is 35.9 Å². The number of methoxy groups -OCH3 is 3.